The van der Waals surface area contributed by atoms with Crippen molar-refractivity contribution in [3.05, 3.63) is 12.4 Å². The topological polar surface area (TPSA) is 71.2 Å². The summed E-state index contributed by atoms with van der Waals surface area (Å²) >= 11 is 0. The molecule has 0 aromatic carbocycles. The van der Waals surface area contributed by atoms with Crippen LogP contribution < -0.4 is 10.2 Å². The first-order chi connectivity index (χ1) is 9.75. The van der Waals surface area contributed by atoms with Crippen LogP contribution in [-0.2, 0) is 0 Å². The Morgan fingerprint density at radius 1 is 1.40 bits per heavy atom. The van der Waals surface area contributed by atoms with E-state index >= 15 is 0 Å². The summed E-state index contributed by atoms with van der Waals surface area (Å²) in [4.78, 5) is 6.61. The SMILES string of the molecule is CC(C)CNCC1CCCN1c1cncc2nnnn12. The fraction of sp³-hybridized carbons (Fsp3) is 0.692. The maximum absolute atomic E-state index is 4.25. The number of fused-ring (bicyclic) bond motifs is 1. The third-order valence-corrected chi connectivity index (χ3v) is 3.69. The second-order valence-corrected chi connectivity index (χ2v) is 5.76. The highest BCUT2D eigenvalue weighted by atomic mass is 15.5. The summed E-state index contributed by atoms with van der Waals surface area (Å²) in [7, 11) is 0. The molecular formula is C13H21N7. The van der Waals surface area contributed by atoms with Crippen molar-refractivity contribution in [1.82, 2.24) is 30.3 Å². The maximum Gasteiger partial charge on any atom is 0.199 e. The molecular weight excluding hydrogens is 254 g/mol. The number of aromatic nitrogens is 5. The van der Waals surface area contributed by atoms with Crippen molar-refractivity contribution in [2.75, 3.05) is 24.5 Å². The highest BCUT2D eigenvalue weighted by Gasteiger charge is 2.26. The number of hydrogen-bond acceptors (Lipinski definition) is 6. The Bertz CT molecular complexity index is 565. The van der Waals surface area contributed by atoms with E-state index < -0.39 is 0 Å². The van der Waals surface area contributed by atoms with E-state index in [1.54, 1.807) is 10.7 Å². The van der Waals surface area contributed by atoms with Crippen molar-refractivity contribution in [2.24, 2.45) is 5.92 Å². The van der Waals surface area contributed by atoms with E-state index in [9.17, 15) is 0 Å². The lowest BCUT2D eigenvalue weighted by molar-refractivity contribution is 0.509. The molecule has 3 heterocycles. The van der Waals surface area contributed by atoms with E-state index in [1.165, 1.54) is 12.8 Å². The van der Waals surface area contributed by atoms with Gasteiger partial charge in [0.15, 0.2) is 11.5 Å². The summed E-state index contributed by atoms with van der Waals surface area (Å²) in [5, 5.41) is 15.3. The quantitative estimate of drug-likeness (QED) is 0.867. The zero-order valence-electron chi connectivity index (χ0n) is 12.0. The van der Waals surface area contributed by atoms with Gasteiger partial charge in [-0.25, -0.2) is 0 Å². The van der Waals surface area contributed by atoms with E-state index in [1.807, 2.05) is 6.20 Å². The molecule has 0 amide bonds. The van der Waals surface area contributed by atoms with Gasteiger partial charge in [-0.2, -0.15) is 4.52 Å². The normalized spacial score (nSPS) is 19.4. The Morgan fingerprint density at radius 3 is 3.15 bits per heavy atom. The molecule has 1 atom stereocenters. The Kier molecular flexibility index (Phi) is 3.77. The second-order valence-electron chi connectivity index (χ2n) is 5.76. The van der Waals surface area contributed by atoms with Crippen LogP contribution in [0.4, 0.5) is 5.82 Å². The number of hydrogen-bond donors (Lipinski definition) is 1. The van der Waals surface area contributed by atoms with Crippen LogP contribution in [0.3, 0.4) is 0 Å². The molecule has 1 aliphatic rings. The van der Waals surface area contributed by atoms with Gasteiger partial charge in [0.05, 0.1) is 12.4 Å². The first-order valence-electron chi connectivity index (χ1n) is 7.25. The van der Waals surface area contributed by atoms with Crippen molar-refractivity contribution in [3.63, 3.8) is 0 Å². The molecule has 1 N–H and O–H groups in total. The van der Waals surface area contributed by atoms with E-state index in [0.29, 0.717) is 17.6 Å². The predicted molar refractivity (Wildman–Crippen MR) is 76.7 cm³/mol. The van der Waals surface area contributed by atoms with Gasteiger partial charge in [-0.15, -0.1) is 5.10 Å². The summed E-state index contributed by atoms with van der Waals surface area (Å²) < 4.78 is 1.77. The molecule has 0 bridgehead atoms. The number of nitrogens with zero attached hydrogens (tertiary/aromatic N) is 6. The van der Waals surface area contributed by atoms with E-state index in [4.69, 9.17) is 0 Å². The van der Waals surface area contributed by atoms with Gasteiger partial charge in [0, 0.05) is 19.1 Å². The van der Waals surface area contributed by atoms with Crippen molar-refractivity contribution in [3.8, 4) is 0 Å². The smallest absolute Gasteiger partial charge is 0.199 e. The van der Waals surface area contributed by atoms with Crippen LogP contribution in [0.2, 0.25) is 0 Å². The zero-order valence-corrected chi connectivity index (χ0v) is 12.0. The molecule has 2 aromatic heterocycles. The van der Waals surface area contributed by atoms with Gasteiger partial charge in [-0.3, -0.25) is 4.98 Å². The molecule has 108 valence electrons. The third-order valence-electron chi connectivity index (χ3n) is 3.69. The average Bonchev–Trinajstić information content (AvgIpc) is 3.05. The summed E-state index contributed by atoms with van der Waals surface area (Å²) in [6.45, 7) is 7.54. The van der Waals surface area contributed by atoms with Gasteiger partial charge < -0.3 is 10.2 Å². The molecule has 0 saturated carbocycles. The molecule has 2 aromatic rings. The van der Waals surface area contributed by atoms with Gasteiger partial charge in [0.2, 0.25) is 0 Å². The Labute approximate surface area is 118 Å². The minimum absolute atomic E-state index is 0.491. The molecule has 1 unspecified atom stereocenters. The monoisotopic (exact) mass is 275 g/mol. The van der Waals surface area contributed by atoms with Crippen LogP contribution >= 0.6 is 0 Å². The maximum atomic E-state index is 4.25. The Morgan fingerprint density at radius 2 is 2.30 bits per heavy atom. The van der Waals surface area contributed by atoms with Crippen molar-refractivity contribution in [2.45, 2.75) is 32.7 Å². The van der Waals surface area contributed by atoms with Gasteiger partial charge in [0.25, 0.3) is 0 Å². The van der Waals surface area contributed by atoms with Crippen molar-refractivity contribution < 1.29 is 0 Å². The molecule has 1 fully saturated rings. The second kappa shape index (κ2) is 5.70. The number of nitrogens with one attached hydrogen (secondary N) is 1. The molecule has 1 aliphatic heterocycles. The first-order valence-corrected chi connectivity index (χ1v) is 7.25. The van der Waals surface area contributed by atoms with Crippen LogP contribution in [0.5, 0.6) is 0 Å². The third kappa shape index (κ3) is 2.58. The van der Waals surface area contributed by atoms with E-state index in [-0.39, 0.29) is 0 Å². The standard InChI is InChI=1S/C13H21N7/c1-10(2)6-14-7-11-4-3-5-19(11)13-9-15-8-12-16-17-18-20(12)13/h8-11,14H,3-7H2,1-2H3. The fourth-order valence-corrected chi connectivity index (χ4v) is 2.75. The minimum Gasteiger partial charge on any atom is -0.351 e. The fourth-order valence-electron chi connectivity index (χ4n) is 2.75. The van der Waals surface area contributed by atoms with Crippen LogP contribution in [0, 0.1) is 5.92 Å². The number of rotatable bonds is 5. The molecule has 0 spiro atoms. The summed E-state index contributed by atoms with van der Waals surface area (Å²) in [6, 6.07) is 0.491. The van der Waals surface area contributed by atoms with Crippen LogP contribution in [0.1, 0.15) is 26.7 Å². The molecule has 20 heavy (non-hydrogen) atoms. The van der Waals surface area contributed by atoms with Crippen LogP contribution in [0.15, 0.2) is 12.4 Å². The lowest BCUT2D eigenvalue weighted by atomic mass is 10.2. The molecule has 7 nitrogen and oxygen atoms in total. The lowest BCUT2D eigenvalue weighted by Gasteiger charge is -2.26. The number of tetrazole rings is 1. The van der Waals surface area contributed by atoms with Gasteiger partial charge in [-0.1, -0.05) is 13.8 Å². The van der Waals surface area contributed by atoms with Gasteiger partial charge in [-0.05, 0) is 35.7 Å². The summed E-state index contributed by atoms with van der Waals surface area (Å²) in [6.07, 6.45) is 5.94. The minimum atomic E-state index is 0.491. The van der Waals surface area contributed by atoms with Gasteiger partial charge >= 0.3 is 0 Å². The molecule has 1 saturated heterocycles. The van der Waals surface area contributed by atoms with Crippen LogP contribution in [0.25, 0.3) is 5.65 Å². The number of anilines is 1. The zero-order chi connectivity index (χ0) is 13.9. The largest absolute Gasteiger partial charge is 0.351 e. The summed E-state index contributed by atoms with van der Waals surface area (Å²) in [5.41, 5.74) is 0.697. The Balaban J connectivity index is 1.76. The molecule has 0 radical (unpaired) electrons. The van der Waals surface area contributed by atoms with E-state index in [0.717, 1.165) is 25.5 Å². The highest BCUT2D eigenvalue weighted by Crippen LogP contribution is 2.24. The predicted octanol–water partition coefficient (Wildman–Crippen LogP) is 0.734. The average molecular weight is 275 g/mol. The van der Waals surface area contributed by atoms with Gasteiger partial charge in [0.1, 0.15) is 0 Å². The molecule has 3 rings (SSSR count). The van der Waals surface area contributed by atoms with Crippen molar-refractivity contribution in [1.29, 1.82) is 0 Å². The molecule has 7 heteroatoms. The molecule has 0 aliphatic carbocycles. The van der Waals surface area contributed by atoms with Crippen LogP contribution in [-0.4, -0.2) is 50.7 Å². The lowest BCUT2D eigenvalue weighted by Crippen LogP contribution is -2.40. The van der Waals surface area contributed by atoms with E-state index in [2.05, 4.69) is 44.6 Å². The highest BCUT2D eigenvalue weighted by molar-refractivity contribution is 5.47. The first kappa shape index (κ1) is 13.2. The van der Waals surface area contributed by atoms with Crippen molar-refractivity contribution >= 4 is 11.5 Å². The summed E-state index contributed by atoms with van der Waals surface area (Å²) in [5.74, 6) is 1.66. The Hall–Kier alpha value is -1.76.